The highest BCUT2D eigenvalue weighted by atomic mass is 16.5. The Balaban J connectivity index is 2.27. The lowest BCUT2D eigenvalue weighted by Gasteiger charge is -2.34. The Morgan fingerprint density at radius 3 is 2.27 bits per heavy atom. The van der Waals surface area contributed by atoms with E-state index >= 15 is 0 Å². The summed E-state index contributed by atoms with van der Waals surface area (Å²) < 4.78 is 4.93. The molecule has 0 aliphatic carbocycles. The Labute approximate surface area is 64.1 Å². The second-order valence-corrected chi connectivity index (χ2v) is 3.21. The molecule has 0 N–H and O–H groups in total. The van der Waals surface area contributed by atoms with E-state index in [0.717, 1.165) is 0 Å². The number of nitrogens with zero attached hydrogens (tertiary/aromatic N) is 1. The van der Waals surface area contributed by atoms with Crippen LogP contribution in [0.4, 0.5) is 0 Å². The molecular weight excluding hydrogens is 146 g/mol. The van der Waals surface area contributed by atoms with Gasteiger partial charge in [-0.3, -0.25) is 14.5 Å². The molecule has 2 amide bonds. The van der Waals surface area contributed by atoms with Gasteiger partial charge in [0, 0.05) is 13.5 Å². The number of rotatable bonds is 0. The highest BCUT2D eigenvalue weighted by Crippen LogP contribution is 2.38. The molecule has 0 radical (unpaired) electrons. The molecule has 2 heterocycles. The summed E-state index contributed by atoms with van der Waals surface area (Å²) in [5, 5.41) is 0. The molecule has 0 saturated carbocycles. The Kier molecular flexibility index (Phi) is 1.12. The molecule has 1 spiro atoms. The summed E-state index contributed by atoms with van der Waals surface area (Å²) in [5.41, 5.74) is -0.466. The normalized spacial score (nSPS) is 27.9. The van der Waals surface area contributed by atoms with Gasteiger partial charge in [0.25, 0.3) is 0 Å². The zero-order chi connectivity index (χ0) is 8.06. The maximum atomic E-state index is 11.3. The van der Waals surface area contributed by atoms with Crippen molar-refractivity contribution in [1.29, 1.82) is 0 Å². The third kappa shape index (κ3) is 0.673. The van der Waals surface area contributed by atoms with Gasteiger partial charge in [0.05, 0.1) is 13.2 Å². The Morgan fingerprint density at radius 1 is 1.45 bits per heavy atom. The van der Waals surface area contributed by atoms with Crippen molar-refractivity contribution in [1.82, 2.24) is 4.90 Å². The second kappa shape index (κ2) is 1.82. The van der Waals surface area contributed by atoms with Gasteiger partial charge in [-0.05, 0) is 0 Å². The number of imide groups is 1. The van der Waals surface area contributed by atoms with Crippen LogP contribution in [0.25, 0.3) is 0 Å². The van der Waals surface area contributed by atoms with Crippen molar-refractivity contribution >= 4 is 11.8 Å². The number of hydrogen-bond acceptors (Lipinski definition) is 3. The summed E-state index contributed by atoms with van der Waals surface area (Å²) in [6.07, 6.45) is 0.336. The van der Waals surface area contributed by atoms with E-state index in [-0.39, 0.29) is 11.8 Å². The van der Waals surface area contributed by atoms with E-state index in [4.69, 9.17) is 4.74 Å². The van der Waals surface area contributed by atoms with Crippen molar-refractivity contribution in [3.05, 3.63) is 0 Å². The van der Waals surface area contributed by atoms with Crippen molar-refractivity contribution in [2.24, 2.45) is 5.41 Å². The maximum absolute atomic E-state index is 11.3. The lowest BCUT2D eigenvalue weighted by molar-refractivity contribution is -0.160. The summed E-state index contributed by atoms with van der Waals surface area (Å²) in [4.78, 5) is 23.6. The van der Waals surface area contributed by atoms with Gasteiger partial charge in [0.2, 0.25) is 11.8 Å². The average Bonchev–Trinajstić information content (AvgIpc) is 2.12. The van der Waals surface area contributed by atoms with Gasteiger partial charge in [0.1, 0.15) is 5.41 Å². The van der Waals surface area contributed by atoms with E-state index in [9.17, 15) is 9.59 Å². The zero-order valence-electron chi connectivity index (χ0n) is 6.29. The van der Waals surface area contributed by atoms with Gasteiger partial charge in [-0.15, -0.1) is 0 Å². The molecule has 2 rings (SSSR count). The molecule has 0 aromatic heterocycles. The number of amides is 2. The lowest BCUT2D eigenvalue weighted by Crippen LogP contribution is -2.48. The average molecular weight is 155 g/mol. The van der Waals surface area contributed by atoms with Gasteiger partial charge in [0.15, 0.2) is 0 Å². The number of ether oxygens (including phenoxy) is 1. The molecule has 2 saturated heterocycles. The predicted octanol–water partition coefficient (Wildman–Crippen LogP) is -0.608. The summed E-state index contributed by atoms with van der Waals surface area (Å²) in [6.45, 7) is 0.837. The molecule has 0 aromatic carbocycles. The molecule has 4 nitrogen and oxygen atoms in total. The van der Waals surface area contributed by atoms with Crippen LogP contribution in [0.1, 0.15) is 6.42 Å². The van der Waals surface area contributed by atoms with Crippen LogP contribution in [0.3, 0.4) is 0 Å². The largest absolute Gasteiger partial charge is 0.379 e. The van der Waals surface area contributed by atoms with Crippen LogP contribution in [-0.2, 0) is 14.3 Å². The zero-order valence-corrected chi connectivity index (χ0v) is 6.29. The fraction of sp³-hybridized carbons (Fsp3) is 0.714. The fourth-order valence-electron chi connectivity index (χ4n) is 1.53. The highest BCUT2D eigenvalue weighted by molar-refractivity contribution is 6.06. The first-order valence-electron chi connectivity index (χ1n) is 3.54. The molecule has 4 heteroatoms. The van der Waals surface area contributed by atoms with Crippen LogP contribution >= 0.6 is 0 Å². The fourth-order valence-corrected chi connectivity index (χ4v) is 1.53. The Morgan fingerprint density at radius 2 is 2.09 bits per heavy atom. The molecule has 0 unspecified atom stereocenters. The smallest absolute Gasteiger partial charge is 0.240 e. The lowest BCUT2D eigenvalue weighted by atomic mass is 9.84. The molecule has 0 aromatic rings. The van der Waals surface area contributed by atoms with E-state index in [1.807, 2.05) is 0 Å². The van der Waals surface area contributed by atoms with Crippen molar-refractivity contribution in [2.75, 3.05) is 20.3 Å². The third-order valence-electron chi connectivity index (χ3n) is 2.38. The number of carbonyl (C=O) groups is 2. The minimum absolute atomic E-state index is 0.0752. The molecular formula is C7H9NO3. The quantitative estimate of drug-likeness (QED) is 0.438. The van der Waals surface area contributed by atoms with Gasteiger partial charge in [-0.2, -0.15) is 0 Å². The van der Waals surface area contributed by atoms with Gasteiger partial charge < -0.3 is 4.74 Å². The van der Waals surface area contributed by atoms with Crippen LogP contribution < -0.4 is 0 Å². The van der Waals surface area contributed by atoms with Crippen LogP contribution in [0.5, 0.6) is 0 Å². The minimum atomic E-state index is -0.466. The maximum Gasteiger partial charge on any atom is 0.240 e. The van der Waals surface area contributed by atoms with E-state index < -0.39 is 5.41 Å². The van der Waals surface area contributed by atoms with E-state index in [1.165, 1.54) is 11.9 Å². The molecule has 2 fully saturated rings. The molecule has 60 valence electrons. The molecule has 11 heavy (non-hydrogen) atoms. The van der Waals surface area contributed by atoms with E-state index in [2.05, 4.69) is 0 Å². The molecule has 0 atom stereocenters. The van der Waals surface area contributed by atoms with Crippen LogP contribution in [0.2, 0.25) is 0 Å². The van der Waals surface area contributed by atoms with E-state index in [0.29, 0.717) is 19.6 Å². The Hall–Kier alpha value is -0.900. The van der Waals surface area contributed by atoms with Crippen LogP contribution in [-0.4, -0.2) is 37.0 Å². The number of hydrogen-bond donors (Lipinski definition) is 0. The summed E-state index contributed by atoms with van der Waals surface area (Å²) >= 11 is 0. The van der Waals surface area contributed by atoms with Gasteiger partial charge >= 0.3 is 0 Å². The summed E-state index contributed by atoms with van der Waals surface area (Å²) in [6, 6.07) is 0. The first-order valence-corrected chi connectivity index (χ1v) is 3.54. The third-order valence-corrected chi connectivity index (χ3v) is 2.38. The predicted molar refractivity (Wildman–Crippen MR) is 35.6 cm³/mol. The van der Waals surface area contributed by atoms with Crippen LogP contribution in [0.15, 0.2) is 0 Å². The molecule has 0 bridgehead atoms. The molecule has 2 aliphatic rings. The highest BCUT2D eigenvalue weighted by Gasteiger charge is 2.55. The van der Waals surface area contributed by atoms with Crippen LogP contribution in [0, 0.1) is 5.41 Å². The van der Waals surface area contributed by atoms with E-state index in [1.54, 1.807) is 0 Å². The Bertz CT molecular complexity index is 232. The first kappa shape index (κ1) is 6.79. The SMILES string of the molecule is CN1C(=O)CC2(COC2)C1=O. The first-order chi connectivity index (χ1) is 5.16. The van der Waals surface area contributed by atoms with Crippen molar-refractivity contribution in [2.45, 2.75) is 6.42 Å². The summed E-state index contributed by atoms with van der Waals surface area (Å²) in [7, 11) is 1.53. The van der Waals surface area contributed by atoms with Gasteiger partial charge in [-0.1, -0.05) is 0 Å². The summed E-state index contributed by atoms with van der Waals surface area (Å²) in [5.74, 6) is -0.160. The standard InChI is InChI=1S/C7H9NO3/c1-8-5(9)2-7(6(8)10)3-11-4-7/h2-4H2,1H3. The number of carbonyl (C=O) groups excluding carboxylic acids is 2. The monoisotopic (exact) mass is 155 g/mol. The molecule has 2 aliphatic heterocycles. The van der Waals surface area contributed by atoms with Crippen molar-refractivity contribution in [3.8, 4) is 0 Å². The second-order valence-electron chi connectivity index (χ2n) is 3.21. The van der Waals surface area contributed by atoms with Crippen molar-refractivity contribution < 1.29 is 14.3 Å². The number of likely N-dealkylation sites (tertiary alicyclic amines) is 1. The minimum Gasteiger partial charge on any atom is -0.379 e. The topological polar surface area (TPSA) is 46.6 Å². The van der Waals surface area contributed by atoms with Crippen molar-refractivity contribution in [3.63, 3.8) is 0 Å². The van der Waals surface area contributed by atoms with Gasteiger partial charge in [-0.25, -0.2) is 0 Å².